The summed E-state index contributed by atoms with van der Waals surface area (Å²) < 4.78 is 1.63. The number of hydrogen-bond donors (Lipinski definition) is 0. The first-order chi connectivity index (χ1) is 6.22. The summed E-state index contributed by atoms with van der Waals surface area (Å²) in [5.41, 5.74) is 1.71. The summed E-state index contributed by atoms with van der Waals surface area (Å²) in [5.74, 6) is 0. The minimum Gasteiger partial charge on any atom is -0.265 e. The van der Waals surface area contributed by atoms with E-state index in [0.717, 1.165) is 5.52 Å². The fourth-order valence-electron chi connectivity index (χ4n) is 1.19. The Bertz CT molecular complexity index is 509. The van der Waals surface area contributed by atoms with Crippen molar-refractivity contribution in [3.8, 4) is 6.07 Å². The highest BCUT2D eigenvalue weighted by Crippen LogP contribution is 2.21. The molecule has 0 aliphatic heterocycles. The van der Waals surface area contributed by atoms with Gasteiger partial charge in [-0.25, -0.2) is 4.98 Å². The van der Waals surface area contributed by atoms with Gasteiger partial charge in [-0.15, -0.1) is 0 Å². The molecule has 5 heteroatoms. The van der Waals surface area contributed by atoms with E-state index >= 15 is 0 Å². The number of fused-ring (bicyclic) bond motifs is 1. The molecule has 0 aromatic carbocycles. The van der Waals surface area contributed by atoms with Crippen molar-refractivity contribution >= 4 is 22.6 Å². The van der Waals surface area contributed by atoms with Crippen molar-refractivity contribution in [2.45, 2.75) is 0 Å². The molecule has 2 aromatic heterocycles. The number of rotatable bonds is 0. The summed E-state index contributed by atoms with van der Waals surface area (Å²) in [4.78, 5) is 4.05. The Kier molecular flexibility index (Phi) is 1.67. The van der Waals surface area contributed by atoms with Crippen LogP contribution in [0.5, 0.6) is 0 Å². The maximum absolute atomic E-state index is 8.63. The molecule has 0 amide bonds. The topological polar surface area (TPSA) is 54.5 Å². The van der Waals surface area contributed by atoms with Crippen molar-refractivity contribution in [1.82, 2.24) is 14.8 Å². The molecule has 0 saturated heterocycles. The highest BCUT2D eigenvalue weighted by molar-refractivity contribution is 6.35. The summed E-state index contributed by atoms with van der Waals surface area (Å²) in [5, 5.41) is 13.1. The van der Waals surface area contributed by atoms with E-state index in [1.807, 2.05) is 6.07 Å². The van der Waals surface area contributed by atoms with Crippen molar-refractivity contribution in [1.29, 1.82) is 5.26 Å². The van der Waals surface area contributed by atoms with Crippen LogP contribution in [0.1, 0.15) is 5.69 Å². The molecule has 0 bridgehead atoms. The molecule has 0 radical (unpaired) electrons. The van der Waals surface area contributed by atoms with Crippen LogP contribution in [0.25, 0.3) is 11.0 Å². The molecule has 2 rings (SSSR count). The zero-order valence-electron chi connectivity index (χ0n) is 6.82. The molecule has 2 heterocycles. The number of hydrogen-bond acceptors (Lipinski definition) is 3. The monoisotopic (exact) mass is 192 g/mol. The minimum absolute atomic E-state index is 0.311. The van der Waals surface area contributed by atoms with Crippen molar-refractivity contribution in [3.05, 3.63) is 23.0 Å². The normalized spacial score (nSPS) is 10.2. The van der Waals surface area contributed by atoms with Gasteiger partial charge in [0.1, 0.15) is 22.8 Å². The first-order valence-electron chi connectivity index (χ1n) is 3.60. The van der Waals surface area contributed by atoms with E-state index in [0.29, 0.717) is 16.2 Å². The fraction of sp³-hybridized carbons (Fsp3) is 0.125. The molecule has 0 atom stereocenters. The lowest BCUT2D eigenvalue weighted by Crippen LogP contribution is -1.91. The van der Waals surface area contributed by atoms with Gasteiger partial charge in [-0.2, -0.15) is 10.4 Å². The maximum Gasteiger partial charge on any atom is 0.142 e. The Hall–Kier alpha value is -1.60. The summed E-state index contributed by atoms with van der Waals surface area (Å²) in [7, 11) is 1.78. The predicted octanol–water partition coefficient (Wildman–Crippen LogP) is 1.49. The van der Waals surface area contributed by atoms with Gasteiger partial charge in [0.2, 0.25) is 0 Å². The zero-order valence-corrected chi connectivity index (χ0v) is 7.58. The SMILES string of the molecule is Cn1ncc2nc(C#N)cc(Cl)c21. The van der Waals surface area contributed by atoms with Gasteiger partial charge >= 0.3 is 0 Å². The second-order valence-corrected chi connectivity index (χ2v) is 3.01. The highest BCUT2D eigenvalue weighted by atomic mass is 35.5. The molecule has 0 fully saturated rings. The quantitative estimate of drug-likeness (QED) is 0.636. The lowest BCUT2D eigenvalue weighted by atomic mass is 10.3. The number of aryl methyl sites for hydroxylation is 1. The Morgan fingerprint density at radius 2 is 2.38 bits per heavy atom. The molecule has 0 unspecified atom stereocenters. The third-order valence-electron chi connectivity index (χ3n) is 1.76. The van der Waals surface area contributed by atoms with Gasteiger partial charge in [0, 0.05) is 7.05 Å². The zero-order chi connectivity index (χ0) is 9.42. The summed E-state index contributed by atoms with van der Waals surface area (Å²) in [6, 6.07) is 3.47. The second kappa shape index (κ2) is 2.71. The molecular formula is C8H5ClN4. The smallest absolute Gasteiger partial charge is 0.142 e. The van der Waals surface area contributed by atoms with E-state index in [1.54, 1.807) is 17.9 Å². The first-order valence-corrected chi connectivity index (χ1v) is 3.98. The number of nitrogens with zero attached hydrogens (tertiary/aromatic N) is 4. The predicted molar refractivity (Wildman–Crippen MR) is 48.2 cm³/mol. The van der Waals surface area contributed by atoms with Gasteiger partial charge < -0.3 is 0 Å². The van der Waals surface area contributed by atoms with Crippen LogP contribution in [0.2, 0.25) is 5.02 Å². The first kappa shape index (κ1) is 8.02. The third-order valence-corrected chi connectivity index (χ3v) is 2.05. The molecule has 0 aliphatic rings. The third kappa shape index (κ3) is 1.14. The van der Waals surface area contributed by atoms with Crippen LogP contribution >= 0.6 is 11.6 Å². The molecule has 2 aromatic rings. The Labute approximate surface area is 79.4 Å². The van der Waals surface area contributed by atoms with Crippen molar-refractivity contribution in [2.24, 2.45) is 7.05 Å². The van der Waals surface area contributed by atoms with Crippen molar-refractivity contribution in [3.63, 3.8) is 0 Å². The van der Waals surface area contributed by atoms with Crippen molar-refractivity contribution < 1.29 is 0 Å². The van der Waals surface area contributed by atoms with Gasteiger partial charge in [-0.05, 0) is 6.07 Å². The van der Waals surface area contributed by atoms with Crippen LogP contribution in [-0.2, 0) is 7.05 Å². The van der Waals surface area contributed by atoms with E-state index in [4.69, 9.17) is 16.9 Å². The Balaban J connectivity index is 2.89. The summed E-state index contributed by atoms with van der Waals surface area (Å²) in [6.07, 6.45) is 1.59. The number of pyridine rings is 1. The molecule has 0 spiro atoms. The average Bonchev–Trinajstić information content (AvgIpc) is 2.48. The molecular weight excluding hydrogens is 188 g/mol. The molecule has 0 N–H and O–H groups in total. The fourth-order valence-corrected chi connectivity index (χ4v) is 1.51. The standard InChI is InChI=1S/C8H5ClN4/c1-13-8-6(9)2-5(3-10)12-7(8)4-11-13/h2,4H,1H3. The molecule has 4 nitrogen and oxygen atoms in total. The Morgan fingerprint density at radius 1 is 1.62 bits per heavy atom. The number of aromatic nitrogens is 3. The van der Waals surface area contributed by atoms with Crippen LogP contribution in [0.15, 0.2) is 12.3 Å². The van der Waals surface area contributed by atoms with Crippen LogP contribution in [0, 0.1) is 11.3 Å². The van der Waals surface area contributed by atoms with E-state index in [9.17, 15) is 0 Å². The highest BCUT2D eigenvalue weighted by Gasteiger charge is 2.07. The van der Waals surface area contributed by atoms with Crippen molar-refractivity contribution in [2.75, 3.05) is 0 Å². The van der Waals surface area contributed by atoms with E-state index in [1.165, 1.54) is 6.07 Å². The largest absolute Gasteiger partial charge is 0.265 e. The minimum atomic E-state index is 0.311. The van der Waals surface area contributed by atoms with Gasteiger partial charge in [0.05, 0.1) is 11.2 Å². The van der Waals surface area contributed by atoms with E-state index in [2.05, 4.69) is 10.1 Å². The van der Waals surface area contributed by atoms with Gasteiger partial charge in [-0.1, -0.05) is 11.6 Å². The molecule has 64 valence electrons. The number of halogens is 1. The van der Waals surface area contributed by atoms with E-state index < -0.39 is 0 Å². The number of nitriles is 1. The van der Waals surface area contributed by atoms with Gasteiger partial charge in [0.15, 0.2) is 0 Å². The summed E-state index contributed by atoms with van der Waals surface area (Å²) >= 11 is 5.94. The maximum atomic E-state index is 8.63. The second-order valence-electron chi connectivity index (χ2n) is 2.60. The molecule has 13 heavy (non-hydrogen) atoms. The Morgan fingerprint density at radius 3 is 3.08 bits per heavy atom. The lowest BCUT2D eigenvalue weighted by molar-refractivity contribution is 0.797. The van der Waals surface area contributed by atoms with Crippen LogP contribution in [0.4, 0.5) is 0 Å². The molecule has 0 aliphatic carbocycles. The molecule has 0 saturated carbocycles. The van der Waals surface area contributed by atoms with Crippen LogP contribution in [-0.4, -0.2) is 14.8 Å². The van der Waals surface area contributed by atoms with Gasteiger partial charge in [-0.3, -0.25) is 4.68 Å². The lowest BCUT2D eigenvalue weighted by Gasteiger charge is -1.96. The van der Waals surface area contributed by atoms with E-state index in [-0.39, 0.29) is 0 Å². The van der Waals surface area contributed by atoms with Crippen LogP contribution in [0.3, 0.4) is 0 Å². The average molecular weight is 193 g/mol. The summed E-state index contributed by atoms with van der Waals surface area (Å²) in [6.45, 7) is 0. The van der Waals surface area contributed by atoms with Crippen LogP contribution < -0.4 is 0 Å². The van der Waals surface area contributed by atoms with Gasteiger partial charge in [0.25, 0.3) is 0 Å².